The zero-order valence-electron chi connectivity index (χ0n) is 14.9. The second kappa shape index (κ2) is 6.18. The first-order chi connectivity index (χ1) is 12.8. The average Bonchev–Trinajstić information content (AvgIpc) is 3.41. The molecule has 27 heavy (non-hydrogen) atoms. The van der Waals surface area contributed by atoms with Crippen molar-refractivity contribution in [3.05, 3.63) is 77.4 Å². The molecule has 0 aromatic heterocycles. The van der Waals surface area contributed by atoms with Crippen molar-refractivity contribution in [3.8, 4) is 0 Å². The molecule has 3 N–H and O–H groups in total. The highest BCUT2D eigenvalue weighted by atomic mass is 32.2. The molecule has 5 nitrogen and oxygen atoms in total. The summed E-state index contributed by atoms with van der Waals surface area (Å²) in [4.78, 5) is 12.9. The Morgan fingerprint density at radius 3 is 2.44 bits per heavy atom. The number of amides is 1. The summed E-state index contributed by atoms with van der Waals surface area (Å²) in [6.45, 7) is 1.78. The van der Waals surface area contributed by atoms with Gasteiger partial charge in [0.2, 0.25) is 10.0 Å². The quantitative estimate of drug-likeness (QED) is 0.728. The molecule has 0 bridgehead atoms. The molecule has 6 heteroatoms. The standard InChI is InChI=1S/C21H20N2O3S/c1-14-9-10-16(27(22,25)26)13-18(14)20(24)23-21(11-12-21)19-8-4-6-15-5-2-3-7-17(15)19/h2-10,13H,11-12H2,1H3,(H,23,24)(H2,22,25,26). The Morgan fingerprint density at radius 1 is 1.04 bits per heavy atom. The third kappa shape index (κ3) is 3.22. The van der Waals surface area contributed by atoms with E-state index in [0.29, 0.717) is 11.1 Å². The highest BCUT2D eigenvalue weighted by Crippen LogP contribution is 2.48. The fraction of sp³-hybridized carbons (Fsp3) is 0.190. The van der Waals surface area contributed by atoms with Crippen LogP contribution in [0, 0.1) is 6.92 Å². The number of carbonyl (C=O) groups excluding carboxylic acids is 1. The second-order valence-corrected chi connectivity index (χ2v) is 8.65. The molecule has 1 amide bonds. The summed E-state index contributed by atoms with van der Waals surface area (Å²) >= 11 is 0. The lowest BCUT2D eigenvalue weighted by molar-refractivity contribution is 0.0930. The Kier molecular flexibility index (Phi) is 4.05. The summed E-state index contributed by atoms with van der Waals surface area (Å²) < 4.78 is 23.3. The SMILES string of the molecule is Cc1ccc(S(N)(=O)=O)cc1C(=O)NC1(c2cccc3ccccc23)CC1. The summed E-state index contributed by atoms with van der Waals surface area (Å²) in [5, 5.41) is 10.6. The Morgan fingerprint density at radius 2 is 1.74 bits per heavy atom. The van der Waals surface area contributed by atoms with Gasteiger partial charge in [0, 0.05) is 5.56 Å². The first kappa shape index (κ1) is 17.7. The summed E-state index contributed by atoms with van der Waals surface area (Å²) in [6.07, 6.45) is 1.70. The summed E-state index contributed by atoms with van der Waals surface area (Å²) in [6, 6.07) is 18.6. The van der Waals surface area contributed by atoms with Crippen molar-refractivity contribution in [2.75, 3.05) is 0 Å². The molecule has 0 atom stereocenters. The summed E-state index contributed by atoms with van der Waals surface area (Å²) in [5.41, 5.74) is 1.71. The molecule has 1 saturated carbocycles. The highest BCUT2D eigenvalue weighted by molar-refractivity contribution is 7.89. The van der Waals surface area contributed by atoms with Crippen LogP contribution in [0.2, 0.25) is 0 Å². The van der Waals surface area contributed by atoms with Crippen LogP contribution >= 0.6 is 0 Å². The van der Waals surface area contributed by atoms with E-state index in [2.05, 4.69) is 23.5 Å². The smallest absolute Gasteiger partial charge is 0.252 e. The zero-order valence-corrected chi connectivity index (χ0v) is 15.7. The monoisotopic (exact) mass is 380 g/mol. The molecule has 0 radical (unpaired) electrons. The van der Waals surface area contributed by atoms with Crippen LogP contribution in [-0.2, 0) is 15.6 Å². The van der Waals surface area contributed by atoms with Crippen LogP contribution in [0.15, 0.2) is 65.6 Å². The lowest BCUT2D eigenvalue weighted by Gasteiger charge is -2.21. The van der Waals surface area contributed by atoms with E-state index in [1.165, 1.54) is 12.1 Å². The van der Waals surface area contributed by atoms with Gasteiger partial charge in [0.1, 0.15) is 0 Å². The van der Waals surface area contributed by atoms with Gasteiger partial charge in [-0.1, -0.05) is 48.5 Å². The Balaban J connectivity index is 1.71. The average molecular weight is 380 g/mol. The fourth-order valence-electron chi connectivity index (χ4n) is 3.54. The minimum absolute atomic E-state index is 0.0618. The van der Waals surface area contributed by atoms with E-state index in [-0.39, 0.29) is 10.8 Å². The largest absolute Gasteiger partial charge is 0.342 e. The second-order valence-electron chi connectivity index (χ2n) is 7.08. The molecule has 0 heterocycles. The van der Waals surface area contributed by atoms with Crippen LogP contribution in [0.25, 0.3) is 10.8 Å². The first-order valence-corrected chi connectivity index (χ1v) is 10.3. The third-order valence-corrected chi connectivity index (χ3v) is 6.10. The van der Waals surface area contributed by atoms with E-state index >= 15 is 0 Å². The van der Waals surface area contributed by atoms with Crippen LogP contribution in [-0.4, -0.2) is 14.3 Å². The number of aryl methyl sites for hydroxylation is 1. The number of fused-ring (bicyclic) bond motifs is 1. The van der Waals surface area contributed by atoms with Gasteiger partial charge in [-0.05, 0) is 53.8 Å². The van der Waals surface area contributed by atoms with Crippen LogP contribution in [0.4, 0.5) is 0 Å². The molecule has 1 aliphatic rings. The number of rotatable bonds is 4. The predicted octanol–water partition coefficient (Wildman–Crippen LogP) is 3.21. The van der Waals surface area contributed by atoms with Crippen molar-refractivity contribution in [1.82, 2.24) is 5.32 Å². The molecule has 1 fully saturated rings. The van der Waals surface area contributed by atoms with E-state index in [1.807, 2.05) is 24.3 Å². The molecule has 0 spiro atoms. The van der Waals surface area contributed by atoms with Gasteiger partial charge in [-0.15, -0.1) is 0 Å². The van der Waals surface area contributed by atoms with E-state index in [9.17, 15) is 13.2 Å². The lowest BCUT2D eigenvalue weighted by atomic mass is 9.96. The predicted molar refractivity (Wildman–Crippen MR) is 105 cm³/mol. The van der Waals surface area contributed by atoms with Crippen molar-refractivity contribution in [2.45, 2.75) is 30.2 Å². The third-order valence-electron chi connectivity index (χ3n) is 5.19. The number of nitrogens with two attached hydrogens (primary N) is 1. The minimum atomic E-state index is -3.86. The highest BCUT2D eigenvalue weighted by Gasteiger charge is 2.46. The lowest BCUT2D eigenvalue weighted by Crippen LogP contribution is -2.35. The topological polar surface area (TPSA) is 89.3 Å². The first-order valence-electron chi connectivity index (χ1n) is 8.74. The molecular formula is C21H20N2O3S. The Bertz CT molecular complexity index is 1160. The zero-order chi connectivity index (χ0) is 19.2. The van der Waals surface area contributed by atoms with Gasteiger partial charge in [0.05, 0.1) is 10.4 Å². The number of nitrogens with one attached hydrogen (secondary N) is 1. The molecule has 138 valence electrons. The van der Waals surface area contributed by atoms with Crippen LogP contribution < -0.4 is 10.5 Å². The number of primary sulfonamides is 1. The maximum atomic E-state index is 13.0. The summed E-state index contributed by atoms with van der Waals surface area (Å²) in [7, 11) is -3.86. The van der Waals surface area contributed by atoms with Gasteiger partial charge >= 0.3 is 0 Å². The number of hydrogen-bond acceptors (Lipinski definition) is 3. The molecule has 0 aliphatic heterocycles. The van der Waals surface area contributed by atoms with Crippen molar-refractivity contribution in [2.24, 2.45) is 5.14 Å². The normalized spacial score (nSPS) is 15.5. The molecule has 0 unspecified atom stereocenters. The van der Waals surface area contributed by atoms with Crippen molar-refractivity contribution >= 4 is 26.7 Å². The minimum Gasteiger partial charge on any atom is -0.342 e. The van der Waals surface area contributed by atoms with Crippen molar-refractivity contribution in [1.29, 1.82) is 0 Å². The molecule has 3 aromatic rings. The Hall–Kier alpha value is -2.70. The van der Waals surface area contributed by atoms with E-state index in [4.69, 9.17) is 5.14 Å². The van der Waals surface area contributed by atoms with Gasteiger partial charge in [-0.2, -0.15) is 0 Å². The number of sulfonamides is 1. The molecular weight excluding hydrogens is 360 g/mol. The van der Waals surface area contributed by atoms with E-state index in [1.54, 1.807) is 13.0 Å². The number of hydrogen-bond donors (Lipinski definition) is 2. The van der Waals surface area contributed by atoms with Crippen molar-refractivity contribution in [3.63, 3.8) is 0 Å². The molecule has 4 rings (SSSR count). The number of benzene rings is 3. The molecule has 1 aliphatic carbocycles. The maximum absolute atomic E-state index is 13.0. The van der Waals surface area contributed by atoms with Crippen LogP contribution in [0.1, 0.15) is 34.3 Å². The molecule has 0 saturated heterocycles. The van der Waals surface area contributed by atoms with Gasteiger partial charge in [0.25, 0.3) is 5.91 Å². The van der Waals surface area contributed by atoms with E-state index < -0.39 is 15.6 Å². The van der Waals surface area contributed by atoms with Gasteiger partial charge in [-0.25, -0.2) is 13.6 Å². The van der Waals surface area contributed by atoms with Crippen molar-refractivity contribution < 1.29 is 13.2 Å². The van der Waals surface area contributed by atoms with Gasteiger partial charge < -0.3 is 5.32 Å². The van der Waals surface area contributed by atoms with E-state index in [0.717, 1.165) is 29.2 Å². The molecule has 3 aromatic carbocycles. The Labute approximate surface area is 158 Å². The van der Waals surface area contributed by atoms with Gasteiger partial charge in [-0.3, -0.25) is 4.79 Å². The fourth-order valence-corrected chi connectivity index (χ4v) is 4.08. The van der Waals surface area contributed by atoms with Crippen LogP contribution in [0.3, 0.4) is 0 Å². The number of carbonyl (C=O) groups is 1. The maximum Gasteiger partial charge on any atom is 0.252 e. The van der Waals surface area contributed by atoms with Gasteiger partial charge in [0.15, 0.2) is 0 Å². The van der Waals surface area contributed by atoms with Crippen LogP contribution in [0.5, 0.6) is 0 Å². The summed E-state index contributed by atoms with van der Waals surface area (Å²) in [5.74, 6) is -0.288.